The zero-order valence-electron chi connectivity index (χ0n) is 22.3. The number of hydrogen-bond donors (Lipinski definition) is 1. The van der Waals surface area contributed by atoms with Crippen molar-refractivity contribution >= 4 is 23.5 Å². The topological polar surface area (TPSA) is 79.8 Å². The molecule has 2 amide bonds. The minimum atomic E-state index is -4.85. The van der Waals surface area contributed by atoms with Crippen LogP contribution in [0.4, 0.5) is 18.0 Å². The molecule has 2 aromatic carbocycles. The summed E-state index contributed by atoms with van der Waals surface area (Å²) in [6.07, 6.45) is -5.83. The van der Waals surface area contributed by atoms with Gasteiger partial charge in [0.1, 0.15) is 0 Å². The predicted octanol–water partition coefficient (Wildman–Crippen LogP) is 1.22. The number of amidine groups is 1. The molecule has 2 saturated heterocycles. The number of alkyl halides is 5. The average molecular weight is 715 g/mol. The van der Waals surface area contributed by atoms with E-state index in [0.717, 1.165) is 21.8 Å². The molecule has 13 heteroatoms. The first kappa shape index (κ1) is 28.3. The Morgan fingerprint density at radius 1 is 1.19 bits per heavy atom. The zero-order valence-corrected chi connectivity index (χ0v) is 25.2. The standard InChI is InChI=1S/C29H27ClF3IN4O4/c30-19-2-1-3-20(12-19)38-24-13-28(41-10-11-42-28)9-8-21(24)23(35-38)15-36-26(18-6-4-17(5-7-18)22-14-34-22)37(27(36)40)16-25(39)29(31,32)33/h1-7,12,22,25,39H,8-11,13-16H2/t22?,25-/m0/s1. The molecule has 1 unspecified atom stereocenters. The Kier molecular flexibility index (Phi) is 7.12. The summed E-state index contributed by atoms with van der Waals surface area (Å²) in [6, 6.07) is 14.3. The second-order valence-corrected chi connectivity index (χ2v) is 14.5. The number of aliphatic hydroxyl groups excluding tert-OH is 1. The smallest absolute Gasteiger partial charge is 0.347 e. The Balaban J connectivity index is 1.28. The van der Waals surface area contributed by atoms with Crippen LogP contribution < -0.4 is 21.2 Å². The first-order chi connectivity index (χ1) is 20.1. The third kappa shape index (κ3) is 5.14. The van der Waals surface area contributed by atoms with Gasteiger partial charge >= 0.3 is 186 Å². The average Bonchev–Trinajstić information content (AvgIpc) is 3.63. The number of carbonyl (C=O) groups is 1. The minimum absolute atomic E-state index is 0.0627. The summed E-state index contributed by atoms with van der Waals surface area (Å²) in [5.74, 6) is -0.415. The van der Waals surface area contributed by atoms with Gasteiger partial charge in [0.25, 0.3) is 0 Å². The van der Waals surface area contributed by atoms with Crippen LogP contribution in [0.2, 0.25) is 5.02 Å². The van der Waals surface area contributed by atoms with E-state index >= 15 is 0 Å². The number of nitrogens with zero attached hydrogens (tertiary/aromatic N) is 4. The number of aliphatic hydroxyl groups is 1. The van der Waals surface area contributed by atoms with Crippen LogP contribution in [0.3, 0.4) is 0 Å². The molecule has 1 aliphatic carbocycles. The molecular formula is C29H27ClF3IN4O4. The van der Waals surface area contributed by atoms with Crippen molar-refractivity contribution < 1.29 is 58.3 Å². The van der Waals surface area contributed by atoms with Crippen molar-refractivity contribution in [2.24, 2.45) is 0 Å². The number of β-amino-alcohol motifs (C(OH)–C–C–N with tert-alkyl or cyclic N) is 1. The number of rotatable bonds is 7. The molecule has 4 heterocycles. The van der Waals surface area contributed by atoms with Gasteiger partial charge in [-0.2, -0.15) is 0 Å². The van der Waals surface area contributed by atoms with Crippen LogP contribution in [0.15, 0.2) is 48.5 Å². The maximum absolute atomic E-state index is 13.4. The molecule has 3 aliphatic heterocycles. The summed E-state index contributed by atoms with van der Waals surface area (Å²) < 4.78 is 56.9. The quantitative estimate of drug-likeness (QED) is 0.227. The minimum Gasteiger partial charge on any atom is -0.347 e. The fourth-order valence-corrected chi connectivity index (χ4v) is 7.76. The van der Waals surface area contributed by atoms with Crippen LogP contribution >= 0.6 is 11.6 Å². The molecule has 1 N–H and O–H groups in total. The molecule has 2 fully saturated rings. The molecule has 1 aromatic heterocycles. The second-order valence-electron chi connectivity index (χ2n) is 10.8. The number of halogens is 5. The number of amides is 2. The molecule has 8 nitrogen and oxygen atoms in total. The van der Waals surface area contributed by atoms with Crippen molar-refractivity contribution in [2.75, 3.05) is 24.2 Å². The number of hydrogen-bond acceptors (Lipinski definition) is 5. The molecule has 42 heavy (non-hydrogen) atoms. The Morgan fingerprint density at radius 2 is 1.93 bits per heavy atom. The number of fused-ring (bicyclic) bond motifs is 1. The van der Waals surface area contributed by atoms with Crippen LogP contribution in [-0.2, 0) is 28.9 Å². The monoisotopic (exact) mass is 714 g/mol. The third-order valence-corrected chi connectivity index (χ3v) is 10.8. The molecule has 2 atom stereocenters. The van der Waals surface area contributed by atoms with Gasteiger partial charge in [-0.15, -0.1) is 0 Å². The summed E-state index contributed by atoms with van der Waals surface area (Å²) in [6.45, 7) is 0.202. The molecule has 4 aliphatic rings. The van der Waals surface area contributed by atoms with Gasteiger partial charge in [0.15, 0.2) is 5.79 Å². The van der Waals surface area contributed by atoms with Crippen LogP contribution in [0.5, 0.6) is 0 Å². The summed E-state index contributed by atoms with van der Waals surface area (Å²) >= 11 is 6.49. The predicted molar refractivity (Wildman–Crippen MR) is 142 cm³/mol. The van der Waals surface area contributed by atoms with E-state index in [1.807, 2.05) is 36.4 Å². The summed E-state index contributed by atoms with van der Waals surface area (Å²) in [7, 11) is 0. The summed E-state index contributed by atoms with van der Waals surface area (Å²) in [4.78, 5) is 14.4. The van der Waals surface area contributed by atoms with Gasteiger partial charge in [-0.25, -0.2) is 0 Å². The van der Waals surface area contributed by atoms with Crippen LogP contribution in [-0.4, -0.2) is 78.5 Å². The van der Waals surface area contributed by atoms with Crippen molar-refractivity contribution in [1.29, 1.82) is 0 Å². The Labute approximate surface area is 254 Å². The Hall–Kier alpha value is -2.52. The van der Waals surface area contributed by atoms with Crippen LogP contribution in [0, 0.1) is 0 Å². The van der Waals surface area contributed by atoms with Gasteiger partial charge in [-0.05, 0) is 18.2 Å². The maximum atomic E-state index is 13.4. The van der Waals surface area contributed by atoms with E-state index in [2.05, 4.69) is 0 Å². The summed E-state index contributed by atoms with van der Waals surface area (Å²) in [5.41, 5.74) is 5.05. The van der Waals surface area contributed by atoms with Crippen LogP contribution in [0.25, 0.3) is 5.69 Å². The first-order valence-electron chi connectivity index (χ1n) is 13.6. The fourth-order valence-electron chi connectivity index (χ4n) is 5.89. The van der Waals surface area contributed by atoms with E-state index in [-0.39, 0.29) is 27.7 Å². The number of carbonyl (C=O) groups excluding carboxylic acids is 1. The number of ether oxygens (including phenoxy) is 2. The Morgan fingerprint density at radius 3 is 2.60 bits per heavy atom. The van der Waals surface area contributed by atoms with E-state index in [1.165, 1.54) is 14.6 Å². The summed E-state index contributed by atoms with van der Waals surface area (Å²) in [5, 5.41) is 15.3. The third-order valence-electron chi connectivity index (χ3n) is 8.09. The SMILES string of the molecule is O=C1N(C[C@H](O)C(F)(F)F)C(c2ccc(C3C[I-]3)cc2)=[N+]1Cc1nn(-c2cccc(Cl)c2)c2c1CCC1(C2)OCCO1. The van der Waals surface area contributed by atoms with Gasteiger partial charge in [0, 0.05) is 5.02 Å². The molecule has 1 spiro atoms. The van der Waals surface area contributed by atoms with Gasteiger partial charge in [-0.1, -0.05) is 17.7 Å². The van der Waals surface area contributed by atoms with Crippen molar-refractivity contribution in [2.45, 2.75) is 47.8 Å². The molecule has 7 rings (SSSR count). The number of aromatic nitrogens is 2. The molecule has 0 radical (unpaired) electrons. The fraction of sp³-hybridized carbons (Fsp3) is 0.414. The van der Waals surface area contributed by atoms with Crippen molar-refractivity contribution in [1.82, 2.24) is 14.7 Å². The second kappa shape index (κ2) is 10.6. The normalized spacial score (nSPS) is 22.2. The van der Waals surface area contributed by atoms with E-state index in [4.69, 9.17) is 26.2 Å². The van der Waals surface area contributed by atoms with Crippen molar-refractivity contribution in [3.05, 3.63) is 81.6 Å². The van der Waals surface area contributed by atoms with E-state index in [0.29, 0.717) is 58.5 Å². The molecule has 222 valence electrons. The van der Waals surface area contributed by atoms with Crippen molar-refractivity contribution in [3.63, 3.8) is 0 Å². The van der Waals surface area contributed by atoms with Gasteiger partial charge in [0.05, 0.1) is 13.2 Å². The van der Waals surface area contributed by atoms with Crippen LogP contribution in [0.1, 0.15) is 38.4 Å². The molecule has 0 bridgehead atoms. The zero-order chi connectivity index (χ0) is 29.2. The molecule has 0 saturated carbocycles. The molecule has 3 aromatic rings. The molecular weight excluding hydrogens is 688 g/mol. The van der Waals surface area contributed by atoms with Gasteiger partial charge in [-0.3, -0.25) is 0 Å². The van der Waals surface area contributed by atoms with Gasteiger partial charge < -0.3 is 9.47 Å². The Bertz CT molecular complexity index is 1580. The van der Waals surface area contributed by atoms with E-state index < -0.39 is 30.6 Å². The van der Waals surface area contributed by atoms with Crippen molar-refractivity contribution in [3.8, 4) is 5.69 Å². The van der Waals surface area contributed by atoms with E-state index in [9.17, 15) is 23.1 Å². The number of benzene rings is 2. The van der Waals surface area contributed by atoms with Gasteiger partial charge in [0.2, 0.25) is 0 Å². The first-order valence-corrected chi connectivity index (χ1v) is 16.8. The van der Waals surface area contributed by atoms with E-state index in [1.54, 1.807) is 16.8 Å². The number of urea groups is 1.